The Morgan fingerprint density at radius 2 is 2.00 bits per heavy atom. The molecule has 2 fully saturated rings. The van der Waals surface area contributed by atoms with Crippen LogP contribution in [-0.2, 0) is 4.74 Å². The first-order valence-electron chi connectivity index (χ1n) is 9.33. The smallest absolute Gasteiger partial charge is 0.293 e. The summed E-state index contributed by atoms with van der Waals surface area (Å²) in [4.78, 5) is 27.7. The highest BCUT2D eigenvalue weighted by atomic mass is 16.6. The number of carbonyl (C=O) groups is 1. The molecule has 3 rings (SSSR count). The number of carbonyl (C=O) groups excluding carboxylic acids is 1. The van der Waals surface area contributed by atoms with Gasteiger partial charge in [0.15, 0.2) is 0 Å². The molecular formula is C19H26N4O4. The minimum absolute atomic E-state index is 0.0531. The monoisotopic (exact) mass is 374 g/mol. The number of nitro benzene ring substituents is 1. The summed E-state index contributed by atoms with van der Waals surface area (Å²) in [6, 6.07) is 4.89. The highest BCUT2D eigenvalue weighted by Gasteiger charge is 2.25. The van der Waals surface area contributed by atoms with Gasteiger partial charge in [-0.25, -0.2) is 0 Å². The average Bonchev–Trinajstić information content (AvgIpc) is 2.70. The van der Waals surface area contributed by atoms with Crippen molar-refractivity contribution < 1.29 is 14.5 Å². The lowest BCUT2D eigenvalue weighted by Crippen LogP contribution is -2.40. The van der Waals surface area contributed by atoms with Crippen LogP contribution in [-0.4, -0.2) is 72.6 Å². The third-order valence-corrected chi connectivity index (χ3v) is 5.07. The fourth-order valence-corrected chi connectivity index (χ4v) is 3.55. The molecule has 2 aliphatic rings. The Hall–Kier alpha value is -2.45. The summed E-state index contributed by atoms with van der Waals surface area (Å²) in [6.45, 7) is 8.51. The van der Waals surface area contributed by atoms with Gasteiger partial charge in [0.1, 0.15) is 5.69 Å². The van der Waals surface area contributed by atoms with Crippen LogP contribution >= 0.6 is 0 Å². The summed E-state index contributed by atoms with van der Waals surface area (Å²) in [5.41, 5.74) is 0.762. The van der Waals surface area contributed by atoms with Crippen LogP contribution < -0.4 is 5.32 Å². The topological polar surface area (TPSA) is 88.0 Å². The first-order chi connectivity index (χ1) is 13.1. The molecule has 2 heterocycles. The van der Waals surface area contributed by atoms with Crippen molar-refractivity contribution in [1.29, 1.82) is 0 Å². The van der Waals surface area contributed by atoms with Crippen molar-refractivity contribution in [1.82, 2.24) is 9.80 Å². The number of hydrogen-bond acceptors (Lipinski definition) is 6. The molecule has 1 aromatic rings. The lowest BCUT2D eigenvalue weighted by molar-refractivity contribution is -0.384. The molecule has 2 saturated heterocycles. The standard InChI is InChI=1S/C19H26N4O4/c1-2-7-21-8-5-16(6-9-21)20-17-4-3-15(14-18(17)23(25)26)19(24)22-10-12-27-13-11-22/h2-4,14,16,20H,1,5-13H2. The summed E-state index contributed by atoms with van der Waals surface area (Å²) in [7, 11) is 0. The van der Waals surface area contributed by atoms with Gasteiger partial charge in [0.2, 0.25) is 0 Å². The van der Waals surface area contributed by atoms with Crippen molar-refractivity contribution in [3.8, 4) is 0 Å². The fourth-order valence-electron chi connectivity index (χ4n) is 3.55. The molecular weight excluding hydrogens is 348 g/mol. The maximum atomic E-state index is 12.6. The van der Waals surface area contributed by atoms with Gasteiger partial charge in [-0.3, -0.25) is 19.8 Å². The number of piperidine rings is 1. The van der Waals surface area contributed by atoms with Gasteiger partial charge in [-0.15, -0.1) is 6.58 Å². The molecule has 0 saturated carbocycles. The van der Waals surface area contributed by atoms with Crippen LogP contribution in [0.5, 0.6) is 0 Å². The maximum absolute atomic E-state index is 12.6. The van der Waals surface area contributed by atoms with Crippen molar-refractivity contribution in [2.75, 3.05) is 51.3 Å². The fraction of sp³-hybridized carbons (Fsp3) is 0.526. The van der Waals surface area contributed by atoms with E-state index in [1.807, 2.05) is 6.08 Å². The van der Waals surface area contributed by atoms with Gasteiger partial charge < -0.3 is 15.0 Å². The second-order valence-corrected chi connectivity index (χ2v) is 6.90. The minimum Gasteiger partial charge on any atom is -0.378 e. The summed E-state index contributed by atoms with van der Waals surface area (Å²) in [5.74, 6) is -0.189. The minimum atomic E-state index is -0.425. The molecule has 8 heteroatoms. The summed E-state index contributed by atoms with van der Waals surface area (Å²) in [6.07, 6.45) is 3.72. The van der Waals surface area contributed by atoms with E-state index >= 15 is 0 Å². The Kier molecular flexibility index (Phi) is 6.41. The number of morpholine rings is 1. The number of nitrogens with zero attached hydrogens (tertiary/aromatic N) is 3. The molecule has 2 aliphatic heterocycles. The molecule has 146 valence electrons. The molecule has 1 aromatic carbocycles. The molecule has 0 unspecified atom stereocenters. The Bertz CT molecular complexity index is 695. The zero-order valence-corrected chi connectivity index (χ0v) is 15.4. The molecule has 1 amide bonds. The van der Waals surface area contributed by atoms with Crippen molar-refractivity contribution >= 4 is 17.3 Å². The molecule has 27 heavy (non-hydrogen) atoms. The highest BCUT2D eigenvalue weighted by molar-refractivity contribution is 5.95. The van der Waals surface area contributed by atoms with Crippen LogP contribution in [0.2, 0.25) is 0 Å². The molecule has 0 aliphatic carbocycles. The van der Waals surface area contributed by atoms with E-state index in [1.54, 1.807) is 17.0 Å². The number of rotatable bonds is 6. The van der Waals surface area contributed by atoms with Gasteiger partial charge in [0.25, 0.3) is 11.6 Å². The van der Waals surface area contributed by atoms with Crippen molar-refractivity contribution in [2.24, 2.45) is 0 Å². The van der Waals surface area contributed by atoms with Crippen LogP contribution in [0.25, 0.3) is 0 Å². The van der Waals surface area contributed by atoms with E-state index in [1.165, 1.54) is 6.07 Å². The van der Waals surface area contributed by atoms with Gasteiger partial charge in [-0.1, -0.05) is 6.08 Å². The third kappa shape index (κ3) is 4.84. The van der Waals surface area contributed by atoms with E-state index in [2.05, 4.69) is 16.8 Å². The van der Waals surface area contributed by atoms with Crippen molar-refractivity contribution in [3.63, 3.8) is 0 Å². The number of anilines is 1. The molecule has 0 spiro atoms. The first-order valence-corrected chi connectivity index (χ1v) is 9.33. The van der Waals surface area contributed by atoms with Crippen molar-refractivity contribution in [3.05, 3.63) is 46.5 Å². The number of likely N-dealkylation sites (tertiary alicyclic amines) is 1. The SMILES string of the molecule is C=CCN1CCC(Nc2ccc(C(=O)N3CCOCC3)cc2[N+](=O)[O-])CC1. The van der Waals surface area contributed by atoms with Crippen LogP contribution in [0.1, 0.15) is 23.2 Å². The van der Waals surface area contributed by atoms with E-state index in [4.69, 9.17) is 4.74 Å². The van der Waals surface area contributed by atoms with Crippen molar-refractivity contribution in [2.45, 2.75) is 18.9 Å². The molecule has 1 N–H and O–H groups in total. The molecule has 0 bridgehead atoms. The second kappa shape index (κ2) is 8.96. The molecule has 8 nitrogen and oxygen atoms in total. The quantitative estimate of drug-likeness (QED) is 0.466. The highest BCUT2D eigenvalue weighted by Crippen LogP contribution is 2.28. The third-order valence-electron chi connectivity index (χ3n) is 5.07. The maximum Gasteiger partial charge on any atom is 0.293 e. The lowest BCUT2D eigenvalue weighted by Gasteiger charge is -2.32. The number of amides is 1. The average molecular weight is 374 g/mol. The summed E-state index contributed by atoms with van der Waals surface area (Å²) < 4.78 is 5.25. The largest absolute Gasteiger partial charge is 0.378 e. The Balaban J connectivity index is 1.69. The van der Waals surface area contributed by atoms with E-state index in [0.29, 0.717) is 37.6 Å². The first kappa shape index (κ1) is 19.3. The zero-order valence-electron chi connectivity index (χ0n) is 15.4. The van der Waals surface area contributed by atoms with Gasteiger partial charge in [0.05, 0.1) is 18.1 Å². The summed E-state index contributed by atoms with van der Waals surface area (Å²) in [5, 5.41) is 14.9. The Morgan fingerprint density at radius 3 is 2.63 bits per heavy atom. The number of benzene rings is 1. The van der Waals surface area contributed by atoms with Gasteiger partial charge in [-0.05, 0) is 25.0 Å². The number of nitrogens with one attached hydrogen (secondary N) is 1. The van der Waals surface area contributed by atoms with Crippen LogP contribution in [0.15, 0.2) is 30.9 Å². The Labute approximate surface area is 158 Å². The van der Waals surface area contributed by atoms with Gasteiger partial charge >= 0.3 is 0 Å². The second-order valence-electron chi connectivity index (χ2n) is 6.90. The molecule has 0 atom stereocenters. The van der Waals surface area contributed by atoms with E-state index in [0.717, 1.165) is 32.5 Å². The van der Waals surface area contributed by atoms with E-state index in [9.17, 15) is 14.9 Å². The van der Waals surface area contributed by atoms with E-state index < -0.39 is 4.92 Å². The number of ether oxygens (including phenoxy) is 1. The predicted octanol–water partition coefficient (Wildman–Crippen LogP) is 2.13. The van der Waals surface area contributed by atoms with Gasteiger partial charge in [-0.2, -0.15) is 0 Å². The van der Waals surface area contributed by atoms with Crippen LogP contribution in [0.4, 0.5) is 11.4 Å². The Morgan fingerprint density at radius 1 is 1.30 bits per heavy atom. The number of nitro groups is 1. The normalized spacial score (nSPS) is 18.9. The summed E-state index contributed by atoms with van der Waals surface area (Å²) >= 11 is 0. The predicted molar refractivity (Wildman–Crippen MR) is 103 cm³/mol. The zero-order chi connectivity index (χ0) is 19.2. The van der Waals surface area contributed by atoms with E-state index in [-0.39, 0.29) is 17.6 Å². The van der Waals surface area contributed by atoms with Gasteiger partial charge in [0, 0.05) is 50.4 Å². The molecule has 0 aromatic heterocycles. The van der Waals surface area contributed by atoms with Crippen LogP contribution in [0, 0.1) is 10.1 Å². The molecule has 0 radical (unpaired) electrons. The van der Waals surface area contributed by atoms with Crippen LogP contribution in [0.3, 0.4) is 0 Å². The lowest BCUT2D eigenvalue weighted by atomic mass is 10.0. The number of hydrogen-bond donors (Lipinski definition) is 1.